The zero-order chi connectivity index (χ0) is 13.8. The summed E-state index contributed by atoms with van der Waals surface area (Å²) in [7, 11) is 0. The lowest BCUT2D eigenvalue weighted by Gasteiger charge is -2.33. The summed E-state index contributed by atoms with van der Waals surface area (Å²) >= 11 is 0. The molecule has 1 saturated heterocycles. The molecule has 0 N–H and O–H groups in total. The molecule has 0 unspecified atom stereocenters. The zero-order valence-corrected chi connectivity index (χ0v) is 10.3. The lowest BCUT2D eigenvalue weighted by atomic mass is 10.0. The van der Waals surface area contributed by atoms with Gasteiger partial charge in [-0.05, 0) is 29.7 Å². The minimum absolute atomic E-state index is 0.170. The smallest absolute Gasteiger partial charge is 0.155 e. The average Bonchev–Trinajstić information content (AvgIpc) is 2.31. The molecule has 0 radical (unpaired) electrons. The van der Waals surface area contributed by atoms with Crippen molar-refractivity contribution in [1.82, 2.24) is 4.90 Å². The predicted molar refractivity (Wildman–Crippen MR) is 66.8 cm³/mol. The lowest BCUT2D eigenvalue weighted by Crippen LogP contribution is -2.40. The maximum absolute atomic E-state index is 13.4. The van der Waals surface area contributed by atoms with Gasteiger partial charge < -0.3 is 0 Å². The monoisotopic (exact) mass is 269 g/mol. The standard InChI is InChI=1S/C14H14F3NO/c15-2-1-3-18-7-11(8-18)4-10-5-13(16)12(9-19)14(17)6-10/h4-6,9H,1-3,7-8H2. The van der Waals surface area contributed by atoms with E-state index in [0.29, 0.717) is 31.6 Å². The van der Waals surface area contributed by atoms with Gasteiger partial charge in [0.2, 0.25) is 0 Å². The van der Waals surface area contributed by atoms with E-state index in [0.717, 1.165) is 17.7 Å². The van der Waals surface area contributed by atoms with Crippen LogP contribution >= 0.6 is 0 Å². The summed E-state index contributed by atoms with van der Waals surface area (Å²) in [6.07, 6.45) is 2.38. The predicted octanol–water partition coefficient (Wildman–Crippen LogP) is 2.84. The minimum Gasteiger partial charge on any atom is -0.298 e. The quantitative estimate of drug-likeness (QED) is 0.766. The Morgan fingerprint density at radius 2 is 1.84 bits per heavy atom. The molecule has 102 valence electrons. The molecule has 1 heterocycles. The zero-order valence-electron chi connectivity index (χ0n) is 10.3. The van der Waals surface area contributed by atoms with Crippen molar-refractivity contribution < 1.29 is 18.0 Å². The van der Waals surface area contributed by atoms with Crippen molar-refractivity contribution in [2.24, 2.45) is 0 Å². The molecule has 2 nitrogen and oxygen atoms in total. The van der Waals surface area contributed by atoms with Crippen molar-refractivity contribution in [3.63, 3.8) is 0 Å². The second-order valence-corrected chi connectivity index (χ2v) is 4.57. The summed E-state index contributed by atoms with van der Waals surface area (Å²) < 4.78 is 38.7. The highest BCUT2D eigenvalue weighted by atomic mass is 19.1. The highest BCUT2D eigenvalue weighted by Gasteiger charge is 2.19. The number of nitrogens with zero attached hydrogens (tertiary/aromatic N) is 1. The molecule has 2 rings (SSSR count). The third kappa shape index (κ3) is 3.23. The van der Waals surface area contributed by atoms with Crippen LogP contribution in [0.15, 0.2) is 17.7 Å². The van der Waals surface area contributed by atoms with Crippen molar-refractivity contribution in [3.8, 4) is 0 Å². The first-order valence-electron chi connectivity index (χ1n) is 6.06. The van der Waals surface area contributed by atoms with E-state index in [1.165, 1.54) is 0 Å². The van der Waals surface area contributed by atoms with Gasteiger partial charge in [-0.3, -0.25) is 14.1 Å². The highest BCUT2D eigenvalue weighted by Crippen LogP contribution is 2.21. The second-order valence-electron chi connectivity index (χ2n) is 4.57. The van der Waals surface area contributed by atoms with Crippen molar-refractivity contribution in [3.05, 3.63) is 40.5 Å². The van der Waals surface area contributed by atoms with Gasteiger partial charge in [0.15, 0.2) is 6.29 Å². The van der Waals surface area contributed by atoms with Gasteiger partial charge in [-0.25, -0.2) is 8.78 Å². The van der Waals surface area contributed by atoms with Crippen molar-refractivity contribution in [2.45, 2.75) is 6.42 Å². The van der Waals surface area contributed by atoms with Crippen LogP contribution < -0.4 is 0 Å². The van der Waals surface area contributed by atoms with Gasteiger partial charge in [0.05, 0.1) is 12.2 Å². The first-order valence-corrected chi connectivity index (χ1v) is 6.06. The van der Waals surface area contributed by atoms with Crippen LogP contribution in [0.1, 0.15) is 22.3 Å². The van der Waals surface area contributed by atoms with Gasteiger partial charge in [0.25, 0.3) is 0 Å². The average molecular weight is 269 g/mol. The summed E-state index contributed by atoms with van der Waals surface area (Å²) in [6.45, 7) is 1.75. The number of alkyl halides is 1. The van der Waals surface area contributed by atoms with E-state index in [1.54, 1.807) is 6.08 Å². The number of halogens is 3. The number of hydrogen-bond acceptors (Lipinski definition) is 2. The van der Waals surface area contributed by atoms with Crippen LogP contribution in [-0.4, -0.2) is 37.5 Å². The first-order chi connectivity index (χ1) is 9.13. The molecule has 19 heavy (non-hydrogen) atoms. The Hall–Kier alpha value is -1.62. The van der Waals surface area contributed by atoms with E-state index < -0.39 is 17.2 Å². The Labute approximate surface area is 109 Å². The number of carbonyl (C=O) groups is 1. The summed E-state index contributed by atoms with van der Waals surface area (Å²) in [5.74, 6) is -1.70. The van der Waals surface area contributed by atoms with Crippen LogP contribution in [-0.2, 0) is 0 Å². The normalized spacial score (nSPS) is 15.2. The van der Waals surface area contributed by atoms with Crippen molar-refractivity contribution in [2.75, 3.05) is 26.3 Å². The van der Waals surface area contributed by atoms with Gasteiger partial charge in [-0.15, -0.1) is 0 Å². The van der Waals surface area contributed by atoms with E-state index in [9.17, 15) is 18.0 Å². The summed E-state index contributed by atoms with van der Waals surface area (Å²) in [5.41, 5.74) is 0.901. The third-order valence-corrected chi connectivity index (χ3v) is 3.05. The molecule has 1 aliphatic rings. The summed E-state index contributed by atoms with van der Waals surface area (Å²) in [6, 6.07) is 2.29. The van der Waals surface area contributed by atoms with Crippen molar-refractivity contribution >= 4 is 12.4 Å². The number of carbonyl (C=O) groups excluding carboxylic acids is 1. The topological polar surface area (TPSA) is 20.3 Å². The van der Waals surface area contributed by atoms with Crippen LogP contribution in [0.5, 0.6) is 0 Å². The Morgan fingerprint density at radius 1 is 1.21 bits per heavy atom. The first kappa shape index (κ1) is 13.8. The molecule has 1 aromatic rings. The molecule has 0 spiro atoms. The van der Waals surface area contributed by atoms with E-state index in [4.69, 9.17) is 0 Å². The summed E-state index contributed by atoms with van der Waals surface area (Å²) in [4.78, 5) is 12.5. The van der Waals surface area contributed by atoms with Crippen LogP contribution in [0, 0.1) is 11.6 Å². The number of likely N-dealkylation sites (tertiary alicyclic amines) is 1. The molecule has 1 fully saturated rings. The number of hydrogen-bond donors (Lipinski definition) is 0. The van der Waals surface area contributed by atoms with Gasteiger partial charge in [-0.1, -0.05) is 6.08 Å². The SMILES string of the molecule is O=Cc1c(F)cc(C=C2CN(CCCF)C2)cc1F. The third-order valence-electron chi connectivity index (χ3n) is 3.05. The molecule has 1 aromatic carbocycles. The fourth-order valence-electron chi connectivity index (χ4n) is 2.10. The van der Waals surface area contributed by atoms with Gasteiger partial charge >= 0.3 is 0 Å². The highest BCUT2D eigenvalue weighted by molar-refractivity contribution is 5.76. The largest absolute Gasteiger partial charge is 0.298 e. The molecular formula is C14H14F3NO. The molecule has 1 aliphatic heterocycles. The molecule has 5 heteroatoms. The maximum Gasteiger partial charge on any atom is 0.155 e. The lowest BCUT2D eigenvalue weighted by molar-refractivity contribution is 0.111. The molecule has 0 saturated carbocycles. The molecule has 0 bridgehead atoms. The van der Waals surface area contributed by atoms with E-state index in [-0.39, 0.29) is 13.0 Å². The number of aldehydes is 1. The Bertz CT molecular complexity index is 482. The molecular weight excluding hydrogens is 255 g/mol. The Morgan fingerprint density at radius 3 is 2.37 bits per heavy atom. The molecule has 0 amide bonds. The Kier molecular flexibility index (Phi) is 4.37. The van der Waals surface area contributed by atoms with Crippen LogP contribution in [0.2, 0.25) is 0 Å². The molecule has 0 aromatic heterocycles. The summed E-state index contributed by atoms with van der Waals surface area (Å²) in [5, 5.41) is 0. The van der Waals surface area contributed by atoms with Crippen molar-refractivity contribution in [1.29, 1.82) is 0 Å². The fourth-order valence-corrected chi connectivity index (χ4v) is 2.10. The van der Waals surface area contributed by atoms with Crippen LogP contribution in [0.25, 0.3) is 6.08 Å². The number of benzene rings is 1. The second kappa shape index (κ2) is 6.02. The van der Waals surface area contributed by atoms with E-state index >= 15 is 0 Å². The molecule has 0 aliphatic carbocycles. The van der Waals surface area contributed by atoms with Gasteiger partial charge in [0, 0.05) is 19.6 Å². The van der Waals surface area contributed by atoms with Gasteiger partial charge in [0.1, 0.15) is 11.6 Å². The fraction of sp³-hybridized carbons (Fsp3) is 0.357. The van der Waals surface area contributed by atoms with Crippen LogP contribution in [0.3, 0.4) is 0 Å². The molecule has 0 atom stereocenters. The number of rotatable bonds is 5. The van der Waals surface area contributed by atoms with E-state index in [1.807, 2.05) is 0 Å². The van der Waals surface area contributed by atoms with Crippen LogP contribution in [0.4, 0.5) is 13.2 Å². The van der Waals surface area contributed by atoms with E-state index in [2.05, 4.69) is 4.90 Å². The maximum atomic E-state index is 13.4. The van der Waals surface area contributed by atoms with Gasteiger partial charge in [-0.2, -0.15) is 0 Å². The minimum atomic E-state index is -0.851. The Balaban J connectivity index is 2.03.